The molecular formula is C28H27N5OS. The second-order valence-electron chi connectivity index (χ2n) is 8.72. The van der Waals surface area contributed by atoms with Crippen LogP contribution < -0.4 is 15.5 Å². The van der Waals surface area contributed by atoms with Gasteiger partial charge in [0.25, 0.3) is 0 Å². The molecule has 6 nitrogen and oxygen atoms in total. The lowest BCUT2D eigenvalue weighted by atomic mass is 9.96. The number of amides is 1. The number of pyridine rings is 1. The molecule has 2 N–H and O–H groups in total. The van der Waals surface area contributed by atoms with Gasteiger partial charge in [0, 0.05) is 41.6 Å². The Morgan fingerprint density at radius 2 is 1.69 bits per heavy atom. The number of hydrogen-bond donors (Lipinski definition) is 2. The van der Waals surface area contributed by atoms with Crippen molar-refractivity contribution in [2.45, 2.75) is 32.9 Å². The van der Waals surface area contributed by atoms with Gasteiger partial charge in [-0.2, -0.15) is 0 Å². The van der Waals surface area contributed by atoms with Crippen LogP contribution in [0.5, 0.6) is 0 Å². The van der Waals surface area contributed by atoms with Gasteiger partial charge < -0.3 is 20.1 Å². The number of carbonyl (C=O) groups excluding carboxylic acids is 1. The number of nitrogens with one attached hydrogen (secondary N) is 2. The standard InChI is InChI=1S/C28H27N5OS/c1-18-17-24(19(2)32(18)22-9-5-4-6-10-22)27-26(25-11-7-8-16-29-25)31-28(35)33(27)23-14-12-21(13-15-23)30-20(3)34/h4-17,26-27H,1-3H3,(H,30,34)(H,31,35)/t26-,27+/m0/s1. The zero-order chi connectivity index (χ0) is 24.5. The third kappa shape index (κ3) is 4.31. The SMILES string of the molecule is CC(=O)Nc1ccc(N2C(=S)N[C@@H](c3ccccn3)[C@H]2c2cc(C)n(-c3ccccc3)c2C)cc1. The molecule has 4 aromatic rings. The maximum atomic E-state index is 11.5. The molecule has 3 heterocycles. The van der Waals surface area contributed by atoms with Crippen molar-refractivity contribution < 1.29 is 4.79 Å². The third-order valence-corrected chi connectivity index (χ3v) is 6.68. The van der Waals surface area contributed by atoms with Crippen molar-refractivity contribution in [1.29, 1.82) is 0 Å². The van der Waals surface area contributed by atoms with E-state index in [1.807, 2.05) is 54.7 Å². The molecule has 0 aliphatic carbocycles. The van der Waals surface area contributed by atoms with Crippen LogP contribution in [0.25, 0.3) is 5.69 Å². The van der Waals surface area contributed by atoms with Crippen LogP contribution in [-0.4, -0.2) is 20.6 Å². The van der Waals surface area contributed by atoms with Crippen molar-refractivity contribution in [3.8, 4) is 5.69 Å². The van der Waals surface area contributed by atoms with Crippen LogP contribution in [0.15, 0.2) is 85.1 Å². The van der Waals surface area contributed by atoms with Crippen molar-refractivity contribution in [3.05, 3.63) is 108 Å². The molecule has 2 aromatic heterocycles. The lowest BCUT2D eigenvalue weighted by molar-refractivity contribution is -0.114. The van der Waals surface area contributed by atoms with Crippen molar-refractivity contribution in [3.63, 3.8) is 0 Å². The largest absolute Gasteiger partial charge is 0.351 e. The highest BCUT2D eigenvalue weighted by molar-refractivity contribution is 7.80. The fourth-order valence-corrected chi connectivity index (χ4v) is 5.27. The second-order valence-corrected chi connectivity index (χ2v) is 9.11. The van der Waals surface area contributed by atoms with E-state index in [4.69, 9.17) is 12.2 Å². The minimum absolute atomic E-state index is 0.0995. The van der Waals surface area contributed by atoms with Crippen molar-refractivity contribution >= 4 is 34.6 Å². The summed E-state index contributed by atoms with van der Waals surface area (Å²) in [4.78, 5) is 18.3. The zero-order valence-electron chi connectivity index (χ0n) is 19.9. The number of para-hydroxylation sites is 1. The lowest BCUT2D eigenvalue weighted by Gasteiger charge is -2.28. The van der Waals surface area contributed by atoms with E-state index in [2.05, 4.69) is 69.3 Å². The van der Waals surface area contributed by atoms with Crippen molar-refractivity contribution in [2.75, 3.05) is 10.2 Å². The van der Waals surface area contributed by atoms with Crippen LogP contribution in [0.4, 0.5) is 11.4 Å². The first-order valence-corrected chi connectivity index (χ1v) is 12.0. The summed E-state index contributed by atoms with van der Waals surface area (Å²) in [5.74, 6) is -0.0995. The summed E-state index contributed by atoms with van der Waals surface area (Å²) in [5.41, 5.74) is 7.25. The Bertz CT molecular complexity index is 1370. The monoisotopic (exact) mass is 481 g/mol. The number of aryl methyl sites for hydroxylation is 1. The Kier molecular flexibility index (Phi) is 6.09. The molecule has 1 aliphatic heterocycles. The van der Waals surface area contributed by atoms with E-state index in [-0.39, 0.29) is 18.0 Å². The van der Waals surface area contributed by atoms with Crippen molar-refractivity contribution in [1.82, 2.24) is 14.9 Å². The van der Waals surface area contributed by atoms with Crippen molar-refractivity contribution in [2.24, 2.45) is 0 Å². The maximum absolute atomic E-state index is 11.5. The molecule has 2 atom stereocenters. The Labute approximate surface area is 210 Å². The van der Waals surface area contributed by atoms with E-state index in [1.165, 1.54) is 12.5 Å². The number of aromatic nitrogens is 2. The average Bonchev–Trinajstić information content (AvgIpc) is 3.35. The van der Waals surface area contributed by atoms with Crippen LogP contribution in [0.1, 0.15) is 41.7 Å². The molecule has 35 heavy (non-hydrogen) atoms. The molecule has 0 unspecified atom stereocenters. The molecule has 0 bridgehead atoms. The van der Waals surface area contributed by atoms with Gasteiger partial charge >= 0.3 is 0 Å². The van der Waals surface area contributed by atoms with E-state index < -0.39 is 0 Å². The van der Waals surface area contributed by atoms with Crippen LogP contribution >= 0.6 is 12.2 Å². The summed E-state index contributed by atoms with van der Waals surface area (Å²) in [6.07, 6.45) is 1.81. The number of benzene rings is 2. The van der Waals surface area contributed by atoms with Gasteiger partial charge in [0.2, 0.25) is 5.91 Å². The lowest BCUT2D eigenvalue weighted by Crippen LogP contribution is -2.29. The van der Waals surface area contributed by atoms with Crippen LogP contribution in [0.3, 0.4) is 0 Å². The molecule has 1 saturated heterocycles. The Morgan fingerprint density at radius 3 is 2.34 bits per heavy atom. The average molecular weight is 482 g/mol. The summed E-state index contributed by atoms with van der Waals surface area (Å²) in [6.45, 7) is 5.79. The molecule has 0 saturated carbocycles. The van der Waals surface area contributed by atoms with E-state index in [1.54, 1.807) is 0 Å². The molecule has 5 rings (SSSR count). The number of nitrogens with zero attached hydrogens (tertiary/aromatic N) is 3. The van der Waals surface area contributed by atoms with Crippen LogP contribution in [0, 0.1) is 13.8 Å². The Balaban J connectivity index is 1.63. The highest BCUT2D eigenvalue weighted by Gasteiger charge is 2.42. The minimum atomic E-state index is -0.122. The number of rotatable bonds is 5. The quantitative estimate of drug-likeness (QED) is 0.362. The molecule has 2 aromatic carbocycles. The topological polar surface area (TPSA) is 62.2 Å². The number of hydrogen-bond acceptors (Lipinski definition) is 3. The first-order valence-electron chi connectivity index (χ1n) is 11.6. The van der Waals surface area contributed by atoms with Gasteiger partial charge in [0.15, 0.2) is 5.11 Å². The highest BCUT2D eigenvalue weighted by atomic mass is 32.1. The van der Waals surface area contributed by atoms with Gasteiger partial charge in [-0.05, 0) is 86.2 Å². The maximum Gasteiger partial charge on any atom is 0.221 e. The summed E-state index contributed by atoms with van der Waals surface area (Å²) in [7, 11) is 0. The van der Waals surface area contributed by atoms with E-state index in [0.29, 0.717) is 5.11 Å². The van der Waals surface area contributed by atoms with Gasteiger partial charge in [0.05, 0.1) is 17.8 Å². The molecule has 0 radical (unpaired) electrons. The summed E-state index contributed by atoms with van der Waals surface area (Å²) < 4.78 is 2.28. The van der Waals surface area contributed by atoms with Gasteiger partial charge in [0.1, 0.15) is 0 Å². The smallest absolute Gasteiger partial charge is 0.221 e. The minimum Gasteiger partial charge on any atom is -0.351 e. The highest BCUT2D eigenvalue weighted by Crippen LogP contribution is 2.43. The van der Waals surface area contributed by atoms with Gasteiger partial charge in [-0.3, -0.25) is 9.78 Å². The van der Waals surface area contributed by atoms with E-state index in [0.717, 1.165) is 34.1 Å². The first-order chi connectivity index (χ1) is 16.9. The van der Waals surface area contributed by atoms with Crippen LogP contribution in [0.2, 0.25) is 0 Å². The van der Waals surface area contributed by atoms with Crippen LogP contribution in [-0.2, 0) is 4.79 Å². The Morgan fingerprint density at radius 1 is 0.971 bits per heavy atom. The summed E-state index contributed by atoms with van der Waals surface area (Å²) in [6, 6.07) is 26.1. The second kappa shape index (κ2) is 9.35. The van der Waals surface area contributed by atoms with Gasteiger partial charge in [-0.25, -0.2) is 0 Å². The molecule has 7 heteroatoms. The predicted octanol–water partition coefficient (Wildman–Crippen LogP) is 5.62. The van der Waals surface area contributed by atoms with Gasteiger partial charge in [-0.15, -0.1) is 0 Å². The number of thiocarbonyl (C=S) groups is 1. The molecule has 1 amide bonds. The van der Waals surface area contributed by atoms with E-state index >= 15 is 0 Å². The molecule has 1 fully saturated rings. The molecule has 176 valence electrons. The molecule has 0 spiro atoms. The normalized spacial score (nSPS) is 17.3. The Hall–Kier alpha value is -3.97. The number of anilines is 2. The molecular weight excluding hydrogens is 454 g/mol. The fraction of sp³-hybridized carbons (Fsp3) is 0.179. The first kappa shape index (κ1) is 22.8. The number of carbonyl (C=O) groups is 1. The van der Waals surface area contributed by atoms with E-state index in [9.17, 15) is 4.79 Å². The third-order valence-electron chi connectivity index (χ3n) is 6.37. The fourth-order valence-electron chi connectivity index (χ4n) is 4.92. The summed E-state index contributed by atoms with van der Waals surface area (Å²) >= 11 is 5.87. The molecule has 1 aliphatic rings. The van der Waals surface area contributed by atoms with Gasteiger partial charge in [-0.1, -0.05) is 24.3 Å². The summed E-state index contributed by atoms with van der Waals surface area (Å²) in [5, 5.41) is 7.00. The zero-order valence-corrected chi connectivity index (χ0v) is 20.7. The predicted molar refractivity (Wildman–Crippen MR) is 144 cm³/mol.